The van der Waals surface area contributed by atoms with E-state index in [0.717, 1.165) is 33.7 Å². The van der Waals surface area contributed by atoms with Crippen molar-refractivity contribution < 1.29 is 4.79 Å². The van der Waals surface area contributed by atoms with Crippen LogP contribution in [-0.4, -0.2) is 34.2 Å². The molecule has 2 aromatic carbocycles. The number of benzene rings is 2. The normalized spacial score (nSPS) is 14.8. The molecule has 2 heterocycles. The molecule has 1 amide bonds. The molecule has 0 spiro atoms. The zero-order valence-electron chi connectivity index (χ0n) is 17.3. The number of nitrogens with zero attached hydrogens (tertiary/aromatic N) is 3. The van der Waals surface area contributed by atoms with Crippen molar-refractivity contribution in [2.75, 3.05) is 18.0 Å². The third-order valence-corrected chi connectivity index (χ3v) is 5.86. The highest BCUT2D eigenvalue weighted by Crippen LogP contribution is 2.20. The molecule has 1 aromatic heterocycles. The van der Waals surface area contributed by atoms with Gasteiger partial charge >= 0.3 is 5.69 Å². The minimum Gasteiger partial charge on any atom is -0.366 e. The summed E-state index contributed by atoms with van der Waals surface area (Å²) in [5.41, 5.74) is 0.938. The standard InChI is InChI=1S/C23H26N4O3/c1-25-15-20(22(29)26(2)23(25)30)27-12-10-18(11-13-27)24-21(28)14-17-8-5-7-16-6-3-4-9-19(16)17/h3-9,15,18H,10-14H2,1-2H3,(H,24,28). The van der Waals surface area contributed by atoms with Crippen molar-refractivity contribution in [3.8, 4) is 0 Å². The average molecular weight is 406 g/mol. The zero-order chi connectivity index (χ0) is 21.3. The maximum atomic E-state index is 12.6. The molecule has 0 aliphatic carbocycles. The van der Waals surface area contributed by atoms with Crippen molar-refractivity contribution in [1.29, 1.82) is 0 Å². The summed E-state index contributed by atoms with van der Waals surface area (Å²) >= 11 is 0. The van der Waals surface area contributed by atoms with Gasteiger partial charge in [0.15, 0.2) is 0 Å². The van der Waals surface area contributed by atoms with Crippen LogP contribution < -0.4 is 21.5 Å². The summed E-state index contributed by atoms with van der Waals surface area (Å²) in [6.07, 6.45) is 3.47. The number of carbonyl (C=O) groups excluding carboxylic acids is 1. The lowest BCUT2D eigenvalue weighted by molar-refractivity contribution is -0.121. The molecule has 156 valence electrons. The van der Waals surface area contributed by atoms with Gasteiger partial charge in [-0.2, -0.15) is 0 Å². The molecule has 1 saturated heterocycles. The highest BCUT2D eigenvalue weighted by atomic mass is 16.2. The average Bonchev–Trinajstić information content (AvgIpc) is 2.76. The van der Waals surface area contributed by atoms with Gasteiger partial charge in [-0.15, -0.1) is 0 Å². The molecule has 0 unspecified atom stereocenters. The van der Waals surface area contributed by atoms with E-state index in [1.807, 2.05) is 35.2 Å². The Labute approximate surface area is 174 Å². The molecular formula is C23H26N4O3. The van der Waals surface area contributed by atoms with Gasteiger partial charge in [-0.05, 0) is 29.2 Å². The van der Waals surface area contributed by atoms with Crippen LogP contribution in [0.25, 0.3) is 10.8 Å². The lowest BCUT2D eigenvalue weighted by Crippen LogP contribution is -2.48. The topological polar surface area (TPSA) is 76.3 Å². The quantitative estimate of drug-likeness (QED) is 0.714. The predicted molar refractivity (Wildman–Crippen MR) is 118 cm³/mol. The second-order valence-electron chi connectivity index (χ2n) is 7.92. The van der Waals surface area contributed by atoms with Crippen LogP contribution in [0.4, 0.5) is 5.69 Å². The van der Waals surface area contributed by atoms with Crippen LogP contribution in [0.1, 0.15) is 18.4 Å². The number of piperidine rings is 1. The van der Waals surface area contributed by atoms with Gasteiger partial charge in [0.25, 0.3) is 5.56 Å². The van der Waals surface area contributed by atoms with Crippen LogP contribution in [0.5, 0.6) is 0 Å². The predicted octanol–water partition coefficient (Wildman–Crippen LogP) is 1.56. The second-order valence-corrected chi connectivity index (χ2v) is 7.92. The van der Waals surface area contributed by atoms with Gasteiger partial charge in [0.1, 0.15) is 5.69 Å². The maximum absolute atomic E-state index is 12.6. The van der Waals surface area contributed by atoms with Gasteiger partial charge in [0.2, 0.25) is 5.91 Å². The molecule has 1 N–H and O–H groups in total. The van der Waals surface area contributed by atoms with Crippen LogP contribution >= 0.6 is 0 Å². The van der Waals surface area contributed by atoms with Crippen molar-refractivity contribution in [3.63, 3.8) is 0 Å². The molecule has 4 rings (SSSR count). The molecule has 0 bridgehead atoms. The lowest BCUT2D eigenvalue weighted by atomic mass is 10.0. The molecule has 7 heteroatoms. The first-order valence-electron chi connectivity index (χ1n) is 10.2. The summed E-state index contributed by atoms with van der Waals surface area (Å²) in [5.74, 6) is 0.0165. The summed E-state index contributed by atoms with van der Waals surface area (Å²) in [5, 5.41) is 5.39. The fourth-order valence-corrected chi connectivity index (χ4v) is 4.17. The second kappa shape index (κ2) is 8.18. The fraction of sp³-hybridized carbons (Fsp3) is 0.348. The largest absolute Gasteiger partial charge is 0.366 e. The molecule has 0 atom stereocenters. The molecule has 3 aromatic rings. The SMILES string of the molecule is Cn1cc(N2CCC(NC(=O)Cc3cccc4ccccc34)CC2)c(=O)n(C)c1=O. The molecule has 1 aliphatic heterocycles. The molecular weight excluding hydrogens is 380 g/mol. The van der Waals surface area contributed by atoms with E-state index in [4.69, 9.17) is 0 Å². The molecule has 1 aliphatic rings. The Morgan fingerprint density at radius 1 is 1.03 bits per heavy atom. The number of amides is 1. The maximum Gasteiger partial charge on any atom is 0.330 e. The summed E-state index contributed by atoms with van der Waals surface area (Å²) in [6.45, 7) is 1.32. The summed E-state index contributed by atoms with van der Waals surface area (Å²) in [6, 6.07) is 14.2. The number of hydrogen-bond acceptors (Lipinski definition) is 4. The van der Waals surface area contributed by atoms with Gasteiger partial charge in [0, 0.05) is 39.4 Å². The summed E-state index contributed by atoms with van der Waals surface area (Å²) in [4.78, 5) is 39.0. The molecule has 7 nitrogen and oxygen atoms in total. The van der Waals surface area contributed by atoms with E-state index < -0.39 is 0 Å². The number of anilines is 1. The van der Waals surface area contributed by atoms with Crippen molar-refractivity contribution in [2.24, 2.45) is 14.1 Å². The van der Waals surface area contributed by atoms with E-state index in [0.29, 0.717) is 25.2 Å². The first-order valence-corrected chi connectivity index (χ1v) is 10.2. The van der Waals surface area contributed by atoms with Crippen LogP contribution in [0.15, 0.2) is 58.3 Å². The number of fused-ring (bicyclic) bond motifs is 1. The molecule has 1 fully saturated rings. The highest BCUT2D eigenvalue weighted by Gasteiger charge is 2.23. The van der Waals surface area contributed by atoms with E-state index in [1.165, 1.54) is 11.6 Å². The van der Waals surface area contributed by atoms with E-state index in [1.54, 1.807) is 13.2 Å². The smallest absolute Gasteiger partial charge is 0.330 e. The number of carbonyl (C=O) groups is 1. The van der Waals surface area contributed by atoms with Crippen LogP contribution in [0, 0.1) is 0 Å². The third kappa shape index (κ3) is 3.87. The minimum absolute atomic E-state index is 0.0165. The van der Waals surface area contributed by atoms with Gasteiger partial charge in [-0.25, -0.2) is 4.79 Å². The van der Waals surface area contributed by atoms with E-state index >= 15 is 0 Å². The Morgan fingerprint density at radius 2 is 1.73 bits per heavy atom. The van der Waals surface area contributed by atoms with Crippen molar-refractivity contribution >= 4 is 22.4 Å². The van der Waals surface area contributed by atoms with Crippen LogP contribution in [0.3, 0.4) is 0 Å². The summed E-state index contributed by atoms with van der Waals surface area (Å²) < 4.78 is 2.56. The van der Waals surface area contributed by atoms with Crippen molar-refractivity contribution in [1.82, 2.24) is 14.5 Å². The molecule has 0 radical (unpaired) electrons. The Bertz CT molecular complexity index is 1200. The van der Waals surface area contributed by atoms with Gasteiger partial charge < -0.3 is 14.8 Å². The Balaban J connectivity index is 1.39. The van der Waals surface area contributed by atoms with Gasteiger partial charge in [-0.3, -0.25) is 14.2 Å². The zero-order valence-corrected chi connectivity index (χ0v) is 17.3. The number of aryl methyl sites for hydroxylation is 1. The number of rotatable bonds is 4. The number of nitrogens with one attached hydrogen (secondary N) is 1. The summed E-state index contributed by atoms with van der Waals surface area (Å²) in [7, 11) is 3.14. The lowest BCUT2D eigenvalue weighted by Gasteiger charge is -2.33. The Kier molecular flexibility index (Phi) is 5.44. The van der Waals surface area contributed by atoms with Crippen molar-refractivity contribution in [3.05, 3.63) is 75.1 Å². The molecule has 0 saturated carbocycles. The first-order chi connectivity index (χ1) is 14.4. The highest BCUT2D eigenvalue weighted by molar-refractivity contribution is 5.90. The Morgan fingerprint density at radius 3 is 2.50 bits per heavy atom. The first kappa shape index (κ1) is 19.9. The van der Waals surface area contributed by atoms with E-state index in [2.05, 4.69) is 17.4 Å². The monoisotopic (exact) mass is 406 g/mol. The minimum atomic E-state index is -0.334. The van der Waals surface area contributed by atoms with Crippen molar-refractivity contribution in [2.45, 2.75) is 25.3 Å². The Hall–Kier alpha value is -3.35. The van der Waals surface area contributed by atoms with E-state index in [-0.39, 0.29) is 23.2 Å². The molecule has 30 heavy (non-hydrogen) atoms. The van der Waals surface area contributed by atoms with Gasteiger partial charge in [0.05, 0.1) is 6.42 Å². The fourth-order valence-electron chi connectivity index (χ4n) is 4.17. The third-order valence-electron chi connectivity index (χ3n) is 5.86. The number of aromatic nitrogens is 2. The van der Waals surface area contributed by atoms with Crippen LogP contribution in [0.2, 0.25) is 0 Å². The van der Waals surface area contributed by atoms with Gasteiger partial charge in [-0.1, -0.05) is 42.5 Å². The van der Waals surface area contributed by atoms with Crippen LogP contribution in [-0.2, 0) is 25.3 Å². The van der Waals surface area contributed by atoms with E-state index in [9.17, 15) is 14.4 Å². The number of hydrogen-bond donors (Lipinski definition) is 1.